The number of nitrogens with zero attached hydrogens (tertiary/aromatic N) is 1. The molecule has 0 radical (unpaired) electrons. The van der Waals surface area contributed by atoms with E-state index in [1.807, 2.05) is 0 Å². The normalized spacial score (nSPS) is 12.4. The monoisotopic (exact) mass is 217 g/mol. The molecule has 5 nitrogen and oxygen atoms in total. The molecule has 1 heterocycles. The van der Waals surface area contributed by atoms with Crippen molar-refractivity contribution in [2.45, 2.75) is 5.38 Å². The number of halogens is 1. The minimum Gasteiger partial charge on any atom is -0.383 e. The van der Waals surface area contributed by atoms with Crippen molar-refractivity contribution in [2.75, 3.05) is 20.3 Å². The predicted octanol–water partition coefficient (Wildman–Crippen LogP) is 0.393. The standard InChI is InChI=1S/C8H12ClN3O2/c1-14-5-7(9)4-10-8(13)6-2-11-12-3-6/h2-3,7H,4-5H2,1H3,(H,10,13)(H,11,12). The van der Waals surface area contributed by atoms with E-state index in [4.69, 9.17) is 16.3 Å². The maximum Gasteiger partial charge on any atom is 0.254 e. The zero-order chi connectivity index (χ0) is 10.4. The molecule has 1 aromatic heterocycles. The maximum atomic E-state index is 11.3. The summed E-state index contributed by atoms with van der Waals surface area (Å²) in [6.45, 7) is 0.784. The summed E-state index contributed by atoms with van der Waals surface area (Å²) in [7, 11) is 1.56. The molecule has 0 saturated carbocycles. The summed E-state index contributed by atoms with van der Waals surface area (Å²) < 4.78 is 4.82. The van der Waals surface area contributed by atoms with Gasteiger partial charge in [0, 0.05) is 19.9 Å². The van der Waals surface area contributed by atoms with Crippen LogP contribution in [-0.2, 0) is 4.74 Å². The Bertz CT molecular complexity index is 276. The quantitative estimate of drug-likeness (QED) is 0.702. The molecule has 1 atom stereocenters. The lowest BCUT2D eigenvalue weighted by Crippen LogP contribution is -2.31. The van der Waals surface area contributed by atoms with Crippen molar-refractivity contribution < 1.29 is 9.53 Å². The van der Waals surface area contributed by atoms with Gasteiger partial charge >= 0.3 is 0 Å². The van der Waals surface area contributed by atoms with Crippen molar-refractivity contribution in [3.8, 4) is 0 Å². The van der Waals surface area contributed by atoms with Crippen molar-refractivity contribution in [3.05, 3.63) is 18.0 Å². The van der Waals surface area contributed by atoms with Gasteiger partial charge in [0.1, 0.15) is 0 Å². The second kappa shape index (κ2) is 5.62. The summed E-state index contributed by atoms with van der Waals surface area (Å²) in [6.07, 6.45) is 2.98. The van der Waals surface area contributed by atoms with Crippen LogP contribution >= 0.6 is 11.6 Å². The zero-order valence-electron chi connectivity index (χ0n) is 7.79. The van der Waals surface area contributed by atoms with Crippen LogP contribution in [0.5, 0.6) is 0 Å². The van der Waals surface area contributed by atoms with Gasteiger partial charge in [-0.3, -0.25) is 9.89 Å². The zero-order valence-corrected chi connectivity index (χ0v) is 8.54. The highest BCUT2D eigenvalue weighted by atomic mass is 35.5. The van der Waals surface area contributed by atoms with Crippen LogP contribution in [0.15, 0.2) is 12.4 Å². The summed E-state index contributed by atoms with van der Waals surface area (Å²) in [4.78, 5) is 11.3. The van der Waals surface area contributed by atoms with Crippen molar-refractivity contribution in [2.24, 2.45) is 0 Å². The molecule has 6 heteroatoms. The van der Waals surface area contributed by atoms with Gasteiger partial charge in [0.25, 0.3) is 5.91 Å². The first kappa shape index (κ1) is 11.0. The Morgan fingerprint density at radius 2 is 2.64 bits per heavy atom. The van der Waals surface area contributed by atoms with Crippen LogP contribution in [0.25, 0.3) is 0 Å². The molecule has 78 valence electrons. The van der Waals surface area contributed by atoms with E-state index in [1.54, 1.807) is 7.11 Å². The van der Waals surface area contributed by atoms with Gasteiger partial charge in [-0.15, -0.1) is 11.6 Å². The number of rotatable bonds is 5. The number of methoxy groups -OCH3 is 1. The second-order valence-electron chi connectivity index (χ2n) is 2.75. The molecular weight excluding hydrogens is 206 g/mol. The Kier molecular flexibility index (Phi) is 4.42. The lowest BCUT2D eigenvalue weighted by Gasteiger charge is -2.08. The fourth-order valence-corrected chi connectivity index (χ4v) is 1.12. The lowest BCUT2D eigenvalue weighted by atomic mass is 10.3. The van der Waals surface area contributed by atoms with E-state index < -0.39 is 0 Å². The molecule has 1 rings (SSSR count). The largest absolute Gasteiger partial charge is 0.383 e. The topological polar surface area (TPSA) is 67.0 Å². The smallest absolute Gasteiger partial charge is 0.254 e. The molecule has 0 bridgehead atoms. The molecule has 14 heavy (non-hydrogen) atoms. The molecule has 1 unspecified atom stereocenters. The average molecular weight is 218 g/mol. The molecule has 0 aliphatic rings. The SMILES string of the molecule is COCC(Cl)CNC(=O)c1cn[nH]c1. The van der Waals surface area contributed by atoms with Crippen molar-refractivity contribution in [1.82, 2.24) is 15.5 Å². The summed E-state index contributed by atoms with van der Waals surface area (Å²) >= 11 is 5.82. The Hall–Kier alpha value is -1.07. The van der Waals surface area contributed by atoms with Crippen LogP contribution in [0.3, 0.4) is 0 Å². The third-order valence-corrected chi connectivity index (χ3v) is 1.87. The molecule has 2 N–H and O–H groups in total. The number of H-pyrrole nitrogens is 1. The van der Waals surface area contributed by atoms with E-state index in [2.05, 4.69) is 15.5 Å². The minimum absolute atomic E-state index is 0.194. The number of amides is 1. The van der Waals surface area contributed by atoms with Crippen LogP contribution in [0.1, 0.15) is 10.4 Å². The van der Waals surface area contributed by atoms with Crippen LogP contribution in [0.2, 0.25) is 0 Å². The second-order valence-corrected chi connectivity index (χ2v) is 3.37. The molecule has 0 aromatic carbocycles. The molecule has 0 saturated heterocycles. The van der Waals surface area contributed by atoms with Crippen LogP contribution < -0.4 is 5.32 Å². The molecule has 0 spiro atoms. The molecule has 1 amide bonds. The van der Waals surface area contributed by atoms with Gasteiger partial charge < -0.3 is 10.1 Å². The molecular formula is C8H12ClN3O2. The van der Waals surface area contributed by atoms with Gasteiger partial charge in [-0.2, -0.15) is 5.10 Å². The lowest BCUT2D eigenvalue weighted by molar-refractivity contribution is 0.0949. The Balaban J connectivity index is 2.28. The number of aromatic amines is 1. The summed E-state index contributed by atoms with van der Waals surface area (Å²) in [5.41, 5.74) is 0.492. The van der Waals surface area contributed by atoms with E-state index >= 15 is 0 Å². The molecule has 0 aliphatic carbocycles. The van der Waals surface area contributed by atoms with E-state index in [1.165, 1.54) is 12.4 Å². The Morgan fingerprint density at radius 1 is 1.86 bits per heavy atom. The number of hydrogen-bond donors (Lipinski definition) is 2. The number of ether oxygens (including phenoxy) is 1. The number of carbonyl (C=O) groups excluding carboxylic acids is 1. The maximum absolute atomic E-state index is 11.3. The van der Waals surface area contributed by atoms with E-state index in [0.717, 1.165) is 0 Å². The number of aromatic nitrogens is 2. The number of alkyl halides is 1. The summed E-state index contributed by atoms with van der Waals surface area (Å²) in [5, 5.41) is 8.66. The highest BCUT2D eigenvalue weighted by Gasteiger charge is 2.09. The first-order valence-electron chi connectivity index (χ1n) is 4.14. The van der Waals surface area contributed by atoms with E-state index in [0.29, 0.717) is 18.7 Å². The molecule has 1 aromatic rings. The average Bonchev–Trinajstić information content (AvgIpc) is 2.67. The summed E-state index contributed by atoms with van der Waals surface area (Å²) in [5.74, 6) is -0.194. The Labute approximate surface area is 86.8 Å². The number of carbonyl (C=O) groups is 1. The third-order valence-electron chi connectivity index (χ3n) is 1.59. The van der Waals surface area contributed by atoms with Crippen molar-refractivity contribution in [1.29, 1.82) is 0 Å². The van der Waals surface area contributed by atoms with Crippen molar-refractivity contribution >= 4 is 17.5 Å². The Morgan fingerprint density at radius 3 is 3.21 bits per heavy atom. The number of nitrogens with one attached hydrogen (secondary N) is 2. The first-order valence-corrected chi connectivity index (χ1v) is 4.57. The van der Waals surface area contributed by atoms with Gasteiger partial charge in [0.2, 0.25) is 0 Å². The summed E-state index contributed by atoms with van der Waals surface area (Å²) in [6, 6.07) is 0. The predicted molar refractivity (Wildman–Crippen MR) is 52.4 cm³/mol. The number of hydrogen-bond acceptors (Lipinski definition) is 3. The minimum atomic E-state index is -0.212. The van der Waals surface area contributed by atoms with Gasteiger partial charge in [-0.05, 0) is 0 Å². The molecule has 0 fully saturated rings. The molecule has 0 aliphatic heterocycles. The first-order chi connectivity index (χ1) is 6.74. The third kappa shape index (κ3) is 3.35. The van der Waals surface area contributed by atoms with Crippen LogP contribution in [0, 0.1) is 0 Å². The van der Waals surface area contributed by atoms with E-state index in [9.17, 15) is 4.79 Å². The van der Waals surface area contributed by atoms with Crippen LogP contribution in [-0.4, -0.2) is 41.7 Å². The van der Waals surface area contributed by atoms with Gasteiger partial charge in [-0.25, -0.2) is 0 Å². The fourth-order valence-electron chi connectivity index (χ4n) is 0.920. The highest BCUT2D eigenvalue weighted by molar-refractivity contribution is 6.21. The van der Waals surface area contributed by atoms with Gasteiger partial charge in [-0.1, -0.05) is 0 Å². The van der Waals surface area contributed by atoms with Gasteiger partial charge in [0.05, 0.1) is 23.7 Å². The fraction of sp³-hybridized carbons (Fsp3) is 0.500. The highest BCUT2D eigenvalue weighted by Crippen LogP contribution is 1.96. The van der Waals surface area contributed by atoms with E-state index in [-0.39, 0.29) is 11.3 Å². The van der Waals surface area contributed by atoms with Crippen LogP contribution in [0.4, 0.5) is 0 Å². The van der Waals surface area contributed by atoms with Crippen molar-refractivity contribution in [3.63, 3.8) is 0 Å². The van der Waals surface area contributed by atoms with Gasteiger partial charge in [0.15, 0.2) is 0 Å².